The molecule has 10 heteroatoms. The van der Waals surface area contributed by atoms with Crippen LogP contribution in [0.25, 0.3) is 0 Å². The number of primary amides is 1. The summed E-state index contributed by atoms with van der Waals surface area (Å²) in [5, 5.41) is 9.15. The number of hydrogen-bond donors (Lipinski definition) is 4. The van der Waals surface area contributed by atoms with Gasteiger partial charge in [-0.2, -0.15) is 0 Å². The lowest BCUT2D eigenvalue weighted by atomic mass is 9.92. The van der Waals surface area contributed by atoms with Gasteiger partial charge in [0.25, 0.3) is 5.91 Å². The number of benzene rings is 1. The van der Waals surface area contributed by atoms with E-state index in [1.807, 2.05) is 30.3 Å². The SMILES string of the molecule is Cn1cccc1C(=O)N1CCC(NC(=O)C2CCNCC2)CC1C(=O)NC(Cc1ccccc1)C(N)=O. The molecule has 1 aromatic heterocycles. The third kappa shape index (κ3) is 6.56. The maximum absolute atomic E-state index is 13.6. The van der Waals surface area contributed by atoms with E-state index in [1.165, 1.54) is 0 Å². The van der Waals surface area contributed by atoms with E-state index in [0.717, 1.165) is 31.5 Å². The summed E-state index contributed by atoms with van der Waals surface area (Å²) in [7, 11) is 1.78. The molecule has 0 spiro atoms. The van der Waals surface area contributed by atoms with E-state index in [2.05, 4.69) is 16.0 Å². The number of nitrogens with two attached hydrogens (primary N) is 1. The second kappa shape index (κ2) is 12.1. The highest BCUT2D eigenvalue weighted by atomic mass is 16.2. The summed E-state index contributed by atoms with van der Waals surface area (Å²) in [6.07, 6.45) is 4.38. The molecule has 4 amide bonds. The summed E-state index contributed by atoms with van der Waals surface area (Å²) in [5.74, 6) is -1.43. The molecule has 10 nitrogen and oxygen atoms in total. The van der Waals surface area contributed by atoms with Gasteiger partial charge >= 0.3 is 0 Å². The summed E-state index contributed by atoms with van der Waals surface area (Å²) in [6.45, 7) is 1.92. The predicted octanol–water partition coefficient (Wildman–Crippen LogP) is 0.327. The molecule has 0 aliphatic carbocycles. The first kappa shape index (κ1) is 26.4. The van der Waals surface area contributed by atoms with Crippen LogP contribution in [0.2, 0.25) is 0 Å². The van der Waals surface area contributed by atoms with Crippen LogP contribution in [0, 0.1) is 5.92 Å². The van der Waals surface area contributed by atoms with Gasteiger partial charge < -0.3 is 31.2 Å². The summed E-state index contributed by atoms with van der Waals surface area (Å²) in [5.41, 5.74) is 6.95. The molecule has 1 aromatic carbocycles. The Labute approximate surface area is 216 Å². The zero-order valence-electron chi connectivity index (χ0n) is 21.2. The van der Waals surface area contributed by atoms with Crippen molar-refractivity contribution in [3.63, 3.8) is 0 Å². The molecule has 2 aliphatic heterocycles. The van der Waals surface area contributed by atoms with Crippen molar-refractivity contribution in [3.05, 3.63) is 59.9 Å². The number of carbonyl (C=O) groups excluding carboxylic acids is 4. The number of piperidine rings is 2. The monoisotopic (exact) mass is 508 g/mol. The predicted molar refractivity (Wildman–Crippen MR) is 138 cm³/mol. The Bertz CT molecular complexity index is 1110. The maximum Gasteiger partial charge on any atom is 0.271 e. The number of aromatic nitrogens is 1. The normalized spacial score (nSPS) is 21.2. The van der Waals surface area contributed by atoms with Gasteiger partial charge in [-0.05, 0) is 56.5 Å². The van der Waals surface area contributed by atoms with E-state index in [9.17, 15) is 19.2 Å². The van der Waals surface area contributed by atoms with Crippen molar-refractivity contribution in [1.82, 2.24) is 25.4 Å². The van der Waals surface area contributed by atoms with Gasteiger partial charge in [-0.3, -0.25) is 19.2 Å². The Kier molecular flexibility index (Phi) is 8.60. The Hall–Kier alpha value is -3.66. The third-order valence-electron chi connectivity index (χ3n) is 7.33. The lowest BCUT2D eigenvalue weighted by Crippen LogP contribution is -2.60. The zero-order valence-corrected chi connectivity index (χ0v) is 21.2. The van der Waals surface area contributed by atoms with Crippen molar-refractivity contribution < 1.29 is 19.2 Å². The second-order valence-corrected chi connectivity index (χ2v) is 9.93. The standard InChI is InChI=1S/C27H36N6O4/c1-32-14-5-8-22(32)27(37)33-15-11-20(30-25(35)19-9-12-29-13-10-19)17-23(33)26(36)31-21(24(28)34)16-18-6-3-2-4-7-18/h2-8,14,19-21,23,29H,9-13,15-17H2,1H3,(H2,28,34)(H,30,35)(H,31,36). The molecule has 2 aromatic rings. The molecule has 37 heavy (non-hydrogen) atoms. The fourth-order valence-electron chi connectivity index (χ4n) is 5.16. The molecule has 198 valence electrons. The lowest BCUT2D eigenvalue weighted by molar-refractivity contribution is -0.132. The first-order valence-corrected chi connectivity index (χ1v) is 12.9. The molecular weight excluding hydrogens is 472 g/mol. The molecule has 3 heterocycles. The molecule has 3 unspecified atom stereocenters. The number of likely N-dealkylation sites (tertiary alicyclic amines) is 1. The van der Waals surface area contributed by atoms with Crippen molar-refractivity contribution in [2.75, 3.05) is 19.6 Å². The van der Waals surface area contributed by atoms with Gasteiger partial charge in [0.2, 0.25) is 17.7 Å². The second-order valence-electron chi connectivity index (χ2n) is 9.93. The fourth-order valence-corrected chi connectivity index (χ4v) is 5.16. The lowest BCUT2D eigenvalue weighted by Gasteiger charge is -2.39. The van der Waals surface area contributed by atoms with Gasteiger partial charge in [0.05, 0.1) is 0 Å². The van der Waals surface area contributed by atoms with Crippen LogP contribution in [0.5, 0.6) is 0 Å². The molecule has 2 aliphatic rings. The third-order valence-corrected chi connectivity index (χ3v) is 7.33. The highest BCUT2D eigenvalue weighted by Gasteiger charge is 2.39. The van der Waals surface area contributed by atoms with Crippen molar-refractivity contribution in [3.8, 4) is 0 Å². The van der Waals surface area contributed by atoms with E-state index in [4.69, 9.17) is 5.73 Å². The Morgan fingerprint density at radius 1 is 1.03 bits per heavy atom. The van der Waals surface area contributed by atoms with E-state index < -0.39 is 23.9 Å². The van der Waals surface area contributed by atoms with Crippen LogP contribution in [-0.4, -0.2) is 70.9 Å². The molecular formula is C27H36N6O4. The van der Waals surface area contributed by atoms with Crippen LogP contribution >= 0.6 is 0 Å². The van der Waals surface area contributed by atoms with Gasteiger partial charge in [0.15, 0.2) is 0 Å². The van der Waals surface area contributed by atoms with Crippen LogP contribution < -0.4 is 21.7 Å². The van der Waals surface area contributed by atoms with Gasteiger partial charge in [-0.25, -0.2) is 0 Å². The zero-order chi connectivity index (χ0) is 26.4. The number of nitrogens with zero attached hydrogens (tertiary/aromatic N) is 2. The largest absolute Gasteiger partial charge is 0.368 e. The number of hydrogen-bond acceptors (Lipinski definition) is 5. The Morgan fingerprint density at radius 2 is 1.76 bits per heavy atom. The highest BCUT2D eigenvalue weighted by molar-refractivity contribution is 5.97. The van der Waals surface area contributed by atoms with E-state index >= 15 is 0 Å². The molecule has 3 atom stereocenters. The van der Waals surface area contributed by atoms with Crippen LogP contribution in [-0.2, 0) is 27.9 Å². The molecule has 5 N–H and O–H groups in total. The number of amides is 4. The number of nitrogens with one attached hydrogen (secondary N) is 3. The van der Waals surface area contributed by atoms with E-state index in [0.29, 0.717) is 18.7 Å². The first-order valence-electron chi connectivity index (χ1n) is 12.9. The van der Waals surface area contributed by atoms with Gasteiger partial charge in [-0.15, -0.1) is 0 Å². The summed E-state index contributed by atoms with van der Waals surface area (Å²) < 4.78 is 1.71. The van der Waals surface area contributed by atoms with Crippen LogP contribution in [0.15, 0.2) is 48.7 Å². The van der Waals surface area contributed by atoms with Crippen LogP contribution in [0.3, 0.4) is 0 Å². The van der Waals surface area contributed by atoms with Crippen molar-refractivity contribution in [2.45, 2.75) is 50.2 Å². The first-order chi connectivity index (χ1) is 17.8. The molecule has 0 radical (unpaired) electrons. The molecule has 0 bridgehead atoms. The molecule has 2 fully saturated rings. The highest BCUT2D eigenvalue weighted by Crippen LogP contribution is 2.22. The van der Waals surface area contributed by atoms with Crippen LogP contribution in [0.1, 0.15) is 41.7 Å². The number of aryl methyl sites for hydroxylation is 1. The van der Waals surface area contributed by atoms with E-state index in [-0.39, 0.29) is 36.6 Å². The number of carbonyl (C=O) groups is 4. The summed E-state index contributed by atoms with van der Waals surface area (Å²) in [4.78, 5) is 53.6. The van der Waals surface area contributed by atoms with Gasteiger partial charge in [-0.1, -0.05) is 30.3 Å². The average molecular weight is 509 g/mol. The average Bonchev–Trinajstić information content (AvgIpc) is 3.34. The molecule has 0 saturated carbocycles. The minimum Gasteiger partial charge on any atom is -0.368 e. The van der Waals surface area contributed by atoms with Crippen LogP contribution in [0.4, 0.5) is 0 Å². The Morgan fingerprint density at radius 3 is 2.41 bits per heavy atom. The quantitative estimate of drug-likeness (QED) is 0.407. The minimum absolute atomic E-state index is 0.00745. The van der Waals surface area contributed by atoms with Crippen molar-refractivity contribution in [1.29, 1.82) is 0 Å². The summed E-state index contributed by atoms with van der Waals surface area (Å²) >= 11 is 0. The maximum atomic E-state index is 13.6. The number of rotatable bonds is 8. The summed E-state index contributed by atoms with van der Waals surface area (Å²) in [6, 6.07) is 10.8. The fraction of sp³-hybridized carbons (Fsp3) is 0.481. The molecule has 2 saturated heterocycles. The van der Waals surface area contributed by atoms with Gasteiger partial charge in [0, 0.05) is 38.2 Å². The minimum atomic E-state index is -0.924. The molecule has 4 rings (SSSR count). The van der Waals surface area contributed by atoms with E-state index in [1.54, 1.807) is 34.8 Å². The topological polar surface area (TPSA) is 139 Å². The Balaban J connectivity index is 1.50. The van der Waals surface area contributed by atoms with Crippen molar-refractivity contribution in [2.24, 2.45) is 18.7 Å². The smallest absolute Gasteiger partial charge is 0.271 e. The van der Waals surface area contributed by atoms with Gasteiger partial charge in [0.1, 0.15) is 17.8 Å². The van der Waals surface area contributed by atoms with Crippen molar-refractivity contribution >= 4 is 23.6 Å².